The summed E-state index contributed by atoms with van der Waals surface area (Å²) in [5.74, 6) is 0. The molecule has 0 aliphatic rings. The van der Waals surface area contributed by atoms with Crippen LogP contribution < -0.4 is 5.73 Å². The summed E-state index contributed by atoms with van der Waals surface area (Å²) in [5.41, 5.74) is 6.26. The van der Waals surface area contributed by atoms with E-state index < -0.39 is 18.3 Å². The van der Waals surface area contributed by atoms with Crippen LogP contribution in [0.5, 0.6) is 0 Å². The van der Waals surface area contributed by atoms with Crippen molar-refractivity contribution < 1.29 is 13.2 Å². The Hall–Kier alpha value is -1.14. The van der Waals surface area contributed by atoms with Crippen molar-refractivity contribution in [3.05, 3.63) is 30.1 Å². The Morgan fingerprint density at radius 3 is 2.42 bits per heavy atom. The molecule has 1 aromatic heterocycles. The van der Waals surface area contributed by atoms with Gasteiger partial charge in [0, 0.05) is 18.8 Å². The minimum atomic E-state index is -4.33. The maximum Gasteiger partial charge on any atom is 0.405 e. The SMILES string of the molecule is CCC(N)C(N(CC)Cc1ccccn1)C(F)(F)F. The first-order valence-corrected chi connectivity index (χ1v) is 6.36. The van der Waals surface area contributed by atoms with Gasteiger partial charge in [-0.1, -0.05) is 19.9 Å². The van der Waals surface area contributed by atoms with Crippen molar-refractivity contribution in [2.24, 2.45) is 5.73 Å². The third kappa shape index (κ3) is 4.47. The molecule has 0 amide bonds. The minimum Gasteiger partial charge on any atom is -0.326 e. The third-order valence-electron chi connectivity index (χ3n) is 3.10. The van der Waals surface area contributed by atoms with E-state index in [1.165, 1.54) is 4.90 Å². The minimum absolute atomic E-state index is 0.148. The topological polar surface area (TPSA) is 42.1 Å². The lowest BCUT2D eigenvalue weighted by molar-refractivity contribution is -0.190. The van der Waals surface area contributed by atoms with Gasteiger partial charge >= 0.3 is 6.18 Å². The van der Waals surface area contributed by atoms with Gasteiger partial charge in [0.1, 0.15) is 6.04 Å². The Kier molecular flexibility index (Phi) is 5.75. The molecule has 19 heavy (non-hydrogen) atoms. The number of rotatable bonds is 6. The van der Waals surface area contributed by atoms with E-state index in [1.54, 1.807) is 38.2 Å². The van der Waals surface area contributed by atoms with Crippen molar-refractivity contribution in [1.29, 1.82) is 0 Å². The van der Waals surface area contributed by atoms with Gasteiger partial charge < -0.3 is 5.73 Å². The molecule has 3 nitrogen and oxygen atoms in total. The summed E-state index contributed by atoms with van der Waals surface area (Å²) in [6.45, 7) is 3.78. The molecule has 0 aliphatic heterocycles. The quantitative estimate of drug-likeness (QED) is 0.867. The van der Waals surface area contributed by atoms with E-state index in [4.69, 9.17) is 5.73 Å². The first-order valence-electron chi connectivity index (χ1n) is 6.36. The summed E-state index contributed by atoms with van der Waals surface area (Å²) in [5, 5.41) is 0. The maximum absolute atomic E-state index is 13.2. The number of nitrogens with zero attached hydrogens (tertiary/aromatic N) is 2. The van der Waals surface area contributed by atoms with Crippen LogP contribution in [0.4, 0.5) is 13.2 Å². The molecule has 0 aliphatic carbocycles. The van der Waals surface area contributed by atoms with Crippen LogP contribution in [0.1, 0.15) is 26.0 Å². The van der Waals surface area contributed by atoms with Gasteiger partial charge in [-0.2, -0.15) is 13.2 Å². The zero-order valence-electron chi connectivity index (χ0n) is 11.2. The molecule has 0 radical (unpaired) electrons. The lowest BCUT2D eigenvalue weighted by atomic mass is 10.0. The van der Waals surface area contributed by atoms with Crippen LogP contribution >= 0.6 is 0 Å². The summed E-state index contributed by atoms with van der Waals surface area (Å²) >= 11 is 0. The summed E-state index contributed by atoms with van der Waals surface area (Å²) in [7, 11) is 0. The van der Waals surface area contributed by atoms with Crippen LogP contribution in [-0.4, -0.2) is 34.7 Å². The second-order valence-electron chi connectivity index (χ2n) is 4.44. The Morgan fingerprint density at radius 1 is 1.32 bits per heavy atom. The monoisotopic (exact) mass is 275 g/mol. The van der Waals surface area contributed by atoms with Crippen molar-refractivity contribution >= 4 is 0 Å². The van der Waals surface area contributed by atoms with Crippen LogP contribution in [0.25, 0.3) is 0 Å². The number of hydrogen-bond acceptors (Lipinski definition) is 3. The predicted octanol–water partition coefficient (Wildman–Crippen LogP) is 2.57. The fraction of sp³-hybridized carbons (Fsp3) is 0.615. The van der Waals surface area contributed by atoms with Gasteiger partial charge in [0.2, 0.25) is 0 Å². The van der Waals surface area contributed by atoms with E-state index >= 15 is 0 Å². The molecule has 6 heteroatoms. The summed E-state index contributed by atoms with van der Waals surface area (Å²) in [6, 6.07) is 2.65. The van der Waals surface area contributed by atoms with E-state index in [1.807, 2.05) is 0 Å². The second-order valence-corrected chi connectivity index (χ2v) is 4.44. The molecule has 0 spiro atoms. The van der Waals surface area contributed by atoms with Gasteiger partial charge in [-0.15, -0.1) is 0 Å². The van der Waals surface area contributed by atoms with Gasteiger partial charge in [0.15, 0.2) is 0 Å². The van der Waals surface area contributed by atoms with E-state index in [0.717, 1.165) is 0 Å². The van der Waals surface area contributed by atoms with Crippen LogP contribution in [0.3, 0.4) is 0 Å². The number of pyridine rings is 1. The number of likely N-dealkylation sites (N-methyl/N-ethyl adjacent to an activating group) is 1. The Balaban J connectivity index is 2.91. The van der Waals surface area contributed by atoms with Crippen LogP contribution in [0.15, 0.2) is 24.4 Å². The van der Waals surface area contributed by atoms with Crippen LogP contribution in [-0.2, 0) is 6.54 Å². The van der Waals surface area contributed by atoms with Crippen molar-refractivity contribution in [3.63, 3.8) is 0 Å². The molecule has 0 saturated carbocycles. The summed E-state index contributed by atoms with van der Waals surface area (Å²) in [4.78, 5) is 5.40. The van der Waals surface area contributed by atoms with Crippen molar-refractivity contribution in [2.75, 3.05) is 6.54 Å². The number of aromatic nitrogens is 1. The molecule has 1 heterocycles. The molecular formula is C13H20F3N3. The Labute approximate surface area is 111 Å². The fourth-order valence-corrected chi connectivity index (χ4v) is 2.05. The average Bonchev–Trinajstić information content (AvgIpc) is 2.37. The zero-order chi connectivity index (χ0) is 14.5. The number of hydrogen-bond donors (Lipinski definition) is 1. The Morgan fingerprint density at radius 2 is 2.00 bits per heavy atom. The lowest BCUT2D eigenvalue weighted by Crippen LogP contribution is -2.55. The molecule has 0 bridgehead atoms. The van der Waals surface area contributed by atoms with E-state index in [9.17, 15) is 13.2 Å². The largest absolute Gasteiger partial charge is 0.405 e. The standard InChI is InChI=1S/C13H20F3N3/c1-3-11(17)12(13(14,15)16)19(4-2)9-10-7-5-6-8-18-10/h5-8,11-12H,3-4,9,17H2,1-2H3. The van der Waals surface area contributed by atoms with E-state index in [-0.39, 0.29) is 19.5 Å². The fourth-order valence-electron chi connectivity index (χ4n) is 2.05. The molecule has 0 fully saturated rings. The van der Waals surface area contributed by atoms with Crippen molar-refractivity contribution in [3.8, 4) is 0 Å². The second kappa shape index (κ2) is 6.86. The van der Waals surface area contributed by atoms with Crippen molar-refractivity contribution in [2.45, 2.75) is 45.1 Å². The van der Waals surface area contributed by atoms with Gasteiger partial charge in [-0.05, 0) is 25.1 Å². The van der Waals surface area contributed by atoms with Gasteiger partial charge in [-0.25, -0.2) is 0 Å². The summed E-state index contributed by atoms with van der Waals surface area (Å²) < 4.78 is 39.5. The zero-order valence-corrected chi connectivity index (χ0v) is 11.2. The maximum atomic E-state index is 13.2. The number of alkyl halides is 3. The molecule has 0 saturated heterocycles. The molecular weight excluding hydrogens is 255 g/mol. The molecule has 1 rings (SSSR count). The molecule has 108 valence electrons. The first kappa shape index (κ1) is 15.9. The predicted molar refractivity (Wildman–Crippen MR) is 68.4 cm³/mol. The third-order valence-corrected chi connectivity index (χ3v) is 3.10. The van der Waals surface area contributed by atoms with E-state index in [2.05, 4.69) is 4.98 Å². The first-order chi connectivity index (χ1) is 8.90. The lowest BCUT2D eigenvalue weighted by Gasteiger charge is -2.35. The molecule has 1 aromatic rings. The number of nitrogens with two attached hydrogens (primary N) is 1. The van der Waals surface area contributed by atoms with Crippen molar-refractivity contribution in [1.82, 2.24) is 9.88 Å². The van der Waals surface area contributed by atoms with Gasteiger partial charge in [0.05, 0.1) is 5.69 Å². The van der Waals surface area contributed by atoms with Gasteiger partial charge in [-0.3, -0.25) is 9.88 Å². The Bertz CT molecular complexity index is 367. The van der Waals surface area contributed by atoms with Crippen LogP contribution in [0, 0.1) is 0 Å². The molecule has 2 atom stereocenters. The molecule has 0 aromatic carbocycles. The smallest absolute Gasteiger partial charge is 0.326 e. The van der Waals surface area contributed by atoms with E-state index in [0.29, 0.717) is 5.69 Å². The normalized spacial score (nSPS) is 15.5. The highest BCUT2D eigenvalue weighted by molar-refractivity contribution is 5.04. The highest BCUT2D eigenvalue weighted by Gasteiger charge is 2.46. The van der Waals surface area contributed by atoms with Crippen LogP contribution in [0.2, 0.25) is 0 Å². The summed E-state index contributed by atoms with van der Waals surface area (Å²) in [6.07, 6.45) is -2.48. The molecule has 2 N–H and O–H groups in total. The van der Waals surface area contributed by atoms with Gasteiger partial charge in [0.25, 0.3) is 0 Å². The highest BCUT2D eigenvalue weighted by Crippen LogP contribution is 2.28. The number of halogens is 3. The average molecular weight is 275 g/mol. The highest BCUT2D eigenvalue weighted by atomic mass is 19.4. The molecule has 2 unspecified atom stereocenters.